The number of anilines is 2. The van der Waals surface area contributed by atoms with Crippen molar-refractivity contribution in [2.75, 3.05) is 77.2 Å². The Morgan fingerprint density at radius 1 is 0.860 bits per heavy atom. The molecular weight excluding hydrogens is 635 g/mol. The molecule has 0 saturated carbocycles. The molecule has 3 aromatic carbocycles. The van der Waals surface area contributed by atoms with E-state index >= 15 is 0 Å². The van der Waals surface area contributed by atoms with Crippen LogP contribution in [0.4, 0.5) is 20.6 Å². The summed E-state index contributed by atoms with van der Waals surface area (Å²) in [7, 11) is 5.38. The Kier molecular flexibility index (Phi) is 15.1. The van der Waals surface area contributed by atoms with Crippen molar-refractivity contribution in [1.82, 2.24) is 20.0 Å². The molecule has 1 heterocycles. The fourth-order valence-corrected chi connectivity index (χ4v) is 6.42. The highest BCUT2D eigenvalue weighted by molar-refractivity contribution is 5.95. The van der Waals surface area contributed by atoms with E-state index in [0.29, 0.717) is 37.4 Å². The quantitative estimate of drug-likeness (QED) is 0.136. The summed E-state index contributed by atoms with van der Waals surface area (Å²) in [5.41, 5.74) is 3.30. The summed E-state index contributed by atoms with van der Waals surface area (Å²) in [4.78, 5) is 45.0. The van der Waals surface area contributed by atoms with Crippen LogP contribution in [0.15, 0.2) is 72.8 Å². The Balaban J connectivity index is 1.13. The molecule has 11 heteroatoms. The minimum atomic E-state index is -0.941. The Morgan fingerprint density at radius 3 is 2.28 bits per heavy atom. The largest absolute Gasteiger partial charge is 0.465 e. The number of carbonyl (C=O) groups excluding carboxylic acids is 2. The molecule has 1 saturated heterocycles. The second-order valence-electron chi connectivity index (χ2n) is 13.0. The van der Waals surface area contributed by atoms with Gasteiger partial charge in [-0.3, -0.25) is 14.5 Å². The molecule has 3 amide bonds. The summed E-state index contributed by atoms with van der Waals surface area (Å²) in [5, 5.41) is 16.5. The third-order valence-electron chi connectivity index (χ3n) is 9.42. The number of benzene rings is 3. The van der Waals surface area contributed by atoms with Gasteiger partial charge in [-0.25, -0.2) is 9.18 Å². The van der Waals surface area contributed by atoms with E-state index in [4.69, 9.17) is 0 Å². The number of nitrogens with one attached hydrogen (secondary N) is 2. The van der Waals surface area contributed by atoms with E-state index in [2.05, 4.69) is 15.5 Å². The lowest BCUT2D eigenvalue weighted by atomic mass is 9.98. The number of rotatable bonds is 18. The van der Waals surface area contributed by atoms with E-state index < -0.39 is 11.9 Å². The van der Waals surface area contributed by atoms with Crippen LogP contribution in [-0.4, -0.2) is 111 Å². The van der Waals surface area contributed by atoms with Crippen LogP contribution in [0.1, 0.15) is 55.3 Å². The van der Waals surface area contributed by atoms with Crippen LogP contribution in [0, 0.1) is 5.82 Å². The van der Waals surface area contributed by atoms with E-state index in [1.807, 2.05) is 68.7 Å². The number of nitrogens with zero attached hydrogens (tertiary/aromatic N) is 4. The van der Waals surface area contributed by atoms with Crippen LogP contribution in [0.5, 0.6) is 0 Å². The van der Waals surface area contributed by atoms with Gasteiger partial charge >= 0.3 is 6.09 Å². The highest BCUT2D eigenvalue weighted by Gasteiger charge is 2.30. The van der Waals surface area contributed by atoms with Gasteiger partial charge in [-0.15, -0.1) is 0 Å². The molecule has 1 aliphatic heterocycles. The smallest absolute Gasteiger partial charge is 0.412 e. The summed E-state index contributed by atoms with van der Waals surface area (Å²) >= 11 is 0. The molecule has 0 radical (unpaired) electrons. The lowest BCUT2D eigenvalue weighted by Crippen LogP contribution is -2.48. The molecule has 50 heavy (non-hydrogen) atoms. The molecule has 0 aromatic heterocycles. The fourth-order valence-electron chi connectivity index (χ4n) is 6.42. The zero-order valence-corrected chi connectivity index (χ0v) is 29.7. The van der Waals surface area contributed by atoms with Crippen LogP contribution in [0.25, 0.3) is 11.1 Å². The number of carbonyl (C=O) groups is 3. The van der Waals surface area contributed by atoms with Gasteiger partial charge in [-0.1, -0.05) is 55.0 Å². The molecule has 270 valence electrons. The van der Waals surface area contributed by atoms with Crippen LogP contribution in [0.3, 0.4) is 0 Å². The van der Waals surface area contributed by atoms with Gasteiger partial charge in [0.15, 0.2) is 0 Å². The molecule has 0 bridgehead atoms. The third-order valence-corrected chi connectivity index (χ3v) is 9.42. The second kappa shape index (κ2) is 19.6. The van der Waals surface area contributed by atoms with Crippen LogP contribution < -0.4 is 15.5 Å². The molecule has 0 atom stereocenters. The molecule has 10 nitrogen and oxygen atoms in total. The number of likely N-dealkylation sites (tertiary alicyclic amines) is 1. The molecular formula is C39H53FN6O4. The maximum absolute atomic E-state index is 14.7. The molecule has 3 aromatic rings. The minimum absolute atomic E-state index is 0.0696. The number of piperidine rings is 1. The Morgan fingerprint density at radius 2 is 1.58 bits per heavy atom. The first-order chi connectivity index (χ1) is 24.2. The van der Waals surface area contributed by atoms with Gasteiger partial charge in [0.1, 0.15) is 5.82 Å². The maximum atomic E-state index is 14.7. The van der Waals surface area contributed by atoms with Crippen LogP contribution in [-0.2, 0) is 4.79 Å². The zero-order valence-electron chi connectivity index (χ0n) is 29.7. The van der Waals surface area contributed by atoms with E-state index in [1.54, 1.807) is 18.0 Å². The number of amides is 3. The second-order valence-corrected chi connectivity index (χ2v) is 13.0. The summed E-state index contributed by atoms with van der Waals surface area (Å²) < 4.78 is 14.7. The average Bonchev–Trinajstić information content (AvgIpc) is 3.12. The molecule has 0 spiro atoms. The van der Waals surface area contributed by atoms with Crippen molar-refractivity contribution in [1.29, 1.82) is 0 Å². The van der Waals surface area contributed by atoms with Crippen molar-refractivity contribution in [2.45, 2.75) is 51.0 Å². The summed E-state index contributed by atoms with van der Waals surface area (Å²) in [6.45, 7) is 4.91. The molecule has 0 unspecified atom stereocenters. The number of carboxylic acid groups (broad SMARTS) is 1. The first-order valence-electron chi connectivity index (χ1n) is 17.8. The number of para-hydroxylation sites is 1. The third kappa shape index (κ3) is 11.0. The number of hydrogen-bond donors (Lipinski definition) is 3. The number of likely N-dealkylation sites (N-methyl/N-ethyl adjacent to an activating group) is 1. The van der Waals surface area contributed by atoms with E-state index in [-0.39, 0.29) is 23.4 Å². The topological polar surface area (TPSA) is 108 Å². The predicted molar refractivity (Wildman–Crippen MR) is 198 cm³/mol. The maximum Gasteiger partial charge on any atom is 0.412 e. The van der Waals surface area contributed by atoms with E-state index in [9.17, 15) is 23.9 Å². The Hall–Kier alpha value is -4.48. The highest BCUT2D eigenvalue weighted by atomic mass is 19.1. The van der Waals surface area contributed by atoms with Crippen LogP contribution >= 0.6 is 0 Å². The molecule has 1 aliphatic rings. The molecule has 3 N–H and O–H groups in total. The molecule has 0 aliphatic carbocycles. The standard InChI is InChI=1S/C39H53FN6O4/c1-41-22-12-24-44(3)38(48)34-19-18-31(29-35(34)40)42-23-11-5-8-17-37(47)43(2)27-28-45-25-20-32(21-26-45)46(39(49)50)36-16-10-9-15-33(36)30-13-6-4-7-14-30/h4,6-7,9-10,13-16,18-19,29,32,41-42H,5,8,11-12,17,20-28H2,1-3H3,(H,49,50). The van der Waals surface area contributed by atoms with Gasteiger partial charge in [-0.05, 0) is 75.5 Å². The van der Waals surface area contributed by atoms with Gasteiger partial charge in [0.2, 0.25) is 5.91 Å². The zero-order chi connectivity index (χ0) is 35.9. The van der Waals surface area contributed by atoms with Crippen molar-refractivity contribution in [2.24, 2.45) is 0 Å². The Labute approximate surface area is 296 Å². The van der Waals surface area contributed by atoms with Crippen LogP contribution in [0.2, 0.25) is 0 Å². The highest BCUT2D eigenvalue weighted by Crippen LogP contribution is 2.34. The monoisotopic (exact) mass is 688 g/mol. The van der Waals surface area contributed by atoms with Gasteiger partial charge in [0.05, 0.1) is 11.3 Å². The first-order valence-corrected chi connectivity index (χ1v) is 17.8. The summed E-state index contributed by atoms with van der Waals surface area (Å²) in [5.74, 6) is -0.751. The minimum Gasteiger partial charge on any atom is -0.465 e. The lowest BCUT2D eigenvalue weighted by Gasteiger charge is -2.38. The van der Waals surface area contributed by atoms with Gasteiger partial charge in [-0.2, -0.15) is 0 Å². The average molecular weight is 689 g/mol. The number of halogens is 1. The Bertz CT molecular complexity index is 1530. The van der Waals surface area contributed by atoms with Crippen molar-refractivity contribution >= 4 is 29.3 Å². The summed E-state index contributed by atoms with van der Waals surface area (Å²) in [6, 6.07) is 22.1. The lowest BCUT2D eigenvalue weighted by molar-refractivity contribution is -0.130. The van der Waals surface area contributed by atoms with Crippen molar-refractivity contribution in [3.63, 3.8) is 0 Å². The normalized spacial score (nSPS) is 13.5. The number of unbranched alkanes of at least 4 members (excludes halogenated alkanes) is 2. The summed E-state index contributed by atoms with van der Waals surface area (Å²) in [6.07, 6.45) is 4.26. The first kappa shape index (κ1) is 38.3. The van der Waals surface area contributed by atoms with Crippen molar-refractivity contribution in [3.8, 4) is 11.1 Å². The van der Waals surface area contributed by atoms with Crippen molar-refractivity contribution in [3.05, 3.63) is 84.2 Å². The van der Waals surface area contributed by atoms with E-state index in [1.165, 1.54) is 21.9 Å². The molecule has 4 rings (SSSR count). The predicted octanol–water partition coefficient (Wildman–Crippen LogP) is 6.25. The SMILES string of the molecule is CNCCCN(C)C(=O)c1ccc(NCCCCCC(=O)N(C)CCN2CCC(N(C(=O)O)c3ccccc3-c3ccccc3)CC2)cc1F. The van der Waals surface area contributed by atoms with Gasteiger partial charge < -0.3 is 30.4 Å². The molecule has 1 fully saturated rings. The van der Waals surface area contributed by atoms with E-state index in [0.717, 1.165) is 75.8 Å². The fraction of sp³-hybridized carbons (Fsp3) is 0.462. The van der Waals surface area contributed by atoms with Gasteiger partial charge in [0, 0.05) is 77.1 Å². The van der Waals surface area contributed by atoms with Crippen molar-refractivity contribution < 1.29 is 23.9 Å². The number of hydrogen-bond acceptors (Lipinski definition) is 6. The van der Waals surface area contributed by atoms with Gasteiger partial charge in [0.25, 0.3) is 5.91 Å².